The summed E-state index contributed by atoms with van der Waals surface area (Å²) in [5.41, 5.74) is 1.17. The first kappa shape index (κ1) is 15.3. The van der Waals surface area contributed by atoms with E-state index in [1.807, 2.05) is 13.8 Å². The molecule has 0 fully saturated rings. The highest BCUT2D eigenvalue weighted by Gasteiger charge is 2.25. The second kappa shape index (κ2) is 6.45. The number of nitrogens with one attached hydrogen (secondary N) is 1. The summed E-state index contributed by atoms with van der Waals surface area (Å²) in [6.07, 6.45) is 1.40. The zero-order valence-electron chi connectivity index (χ0n) is 11.6. The van der Waals surface area contributed by atoms with Crippen LogP contribution in [0, 0.1) is 11.3 Å². The van der Waals surface area contributed by atoms with Gasteiger partial charge in [0, 0.05) is 0 Å². The van der Waals surface area contributed by atoms with Gasteiger partial charge in [0.25, 0.3) is 0 Å². The Kier molecular flexibility index (Phi) is 5.21. The van der Waals surface area contributed by atoms with Crippen molar-refractivity contribution in [3.05, 3.63) is 16.8 Å². The first-order chi connectivity index (χ1) is 9.05. The average Bonchev–Trinajstić information content (AvgIpc) is 2.46. The van der Waals surface area contributed by atoms with Crippen LogP contribution in [0.2, 0.25) is 0 Å². The van der Waals surface area contributed by atoms with Crippen molar-refractivity contribution < 1.29 is 10.2 Å². The van der Waals surface area contributed by atoms with E-state index in [1.54, 1.807) is 6.92 Å². The van der Waals surface area contributed by atoms with Crippen LogP contribution < -0.4 is 5.32 Å². The Hall–Kier alpha value is -1.71. The molecule has 0 unspecified atom stereocenters. The molecule has 1 heterocycles. The van der Waals surface area contributed by atoms with Gasteiger partial charge in [0.1, 0.15) is 11.6 Å². The number of aliphatic hydroxyl groups is 2. The van der Waals surface area contributed by atoms with E-state index in [0.717, 1.165) is 11.3 Å². The van der Waals surface area contributed by atoms with Gasteiger partial charge in [-0.25, -0.2) is 0 Å². The first-order valence-electron chi connectivity index (χ1n) is 6.33. The molecule has 0 saturated carbocycles. The van der Waals surface area contributed by atoms with Crippen LogP contribution in [-0.2, 0) is 12.8 Å². The molecule has 6 heteroatoms. The third-order valence-electron chi connectivity index (χ3n) is 3.08. The molecule has 3 N–H and O–H groups in total. The number of aliphatic hydroxyl groups excluding tert-OH is 2. The summed E-state index contributed by atoms with van der Waals surface area (Å²) in [7, 11) is 0. The van der Waals surface area contributed by atoms with Crippen molar-refractivity contribution in [1.29, 1.82) is 5.26 Å². The zero-order chi connectivity index (χ0) is 14.5. The standard InChI is InChI=1S/C13H20N4O2/c1-4-9-10(6-14)12(17-16-11(9)5-2)15-13(3,7-18)8-19/h18-19H,4-5,7-8H2,1-3H3,(H,15,17). The number of rotatable bonds is 6. The van der Waals surface area contributed by atoms with Crippen molar-refractivity contribution in [2.45, 2.75) is 39.2 Å². The Morgan fingerprint density at radius 1 is 1.21 bits per heavy atom. The molecular formula is C13H20N4O2. The minimum atomic E-state index is -0.932. The fourth-order valence-corrected chi connectivity index (χ4v) is 1.80. The molecule has 1 rings (SSSR count). The van der Waals surface area contributed by atoms with E-state index in [9.17, 15) is 15.5 Å². The number of nitriles is 1. The third kappa shape index (κ3) is 3.19. The predicted molar refractivity (Wildman–Crippen MR) is 71.7 cm³/mol. The van der Waals surface area contributed by atoms with Crippen LogP contribution in [0.1, 0.15) is 37.6 Å². The molecule has 0 aliphatic carbocycles. The molecule has 0 radical (unpaired) electrons. The summed E-state index contributed by atoms with van der Waals surface area (Å²) >= 11 is 0. The quantitative estimate of drug-likeness (QED) is 0.696. The third-order valence-corrected chi connectivity index (χ3v) is 3.08. The lowest BCUT2D eigenvalue weighted by Crippen LogP contribution is -2.43. The van der Waals surface area contributed by atoms with E-state index in [-0.39, 0.29) is 13.2 Å². The van der Waals surface area contributed by atoms with Gasteiger partial charge in [-0.2, -0.15) is 10.4 Å². The average molecular weight is 264 g/mol. The Balaban J connectivity index is 3.27. The summed E-state index contributed by atoms with van der Waals surface area (Å²) < 4.78 is 0. The van der Waals surface area contributed by atoms with Crippen LogP contribution in [0.4, 0.5) is 5.82 Å². The zero-order valence-corrected chi connectivity index (χ0v) is 11.6. The van der Waals surface area contributed by atoms with Crippen molar-refractivity contribution in [3.8, 4) is 6.07 Å². The van der Waals surface area contributed by atoms with Crippen LogP contribution >= 0.6 is 0 Å². The van der Waals surface area contributed by atoms with Crippen LogP contribution in [0.25, 0.3) is 0 Å². The van der Waals surface area contributed by atoms with Crippen molar-refractivity contribution in [2.24, 2.45) is 0 Å². The highest BCUT2D eigenvalue weighted by molar-refractivity contribution is 5.57. The van der Waals surface area contributed by atoms with Crippen LogP contribution in [0.3, 0.4) is 0 Å². The lowest BCUT2D eigenvalue weighted by atomic mass is 10.0. The largest absolute Gasteiger partial charge is 0.394 e. The summed E-state index contributed by atoms with van der Waals surface area (Å²) in [5.74, 6) is 0.308. The molecule has 0 atom stereocenters. The lowest BCUT2D eigenvalue weighted by molar-refractivity contribution is 0.147. The summed E-state index contributed by atoms with van der Waals surface area (Å²) in [6, 6.07) is 2.13. The lowest BCUT2D eigenvalue weighted by Gasteiger charge is -2.27. The van der Waals surface area contributed by atoms with E-state index in [1.165, 1.54) is 0 Å². The summed E-state index contributed by atoms with van der Waals surface area (Å²) in [5, 5.41) is 38.9. The number of aromatic nitrogens is 2. The Morgan fingerprint density at radius 2 is 1.84 bits per heavy atom. The molecule has 1 aromatic heterocycles. The molecule has 0 bridgehead atoms. The molecular weight excluding hydrogens is 244 g/mol. The van der Waals surface area contributed by atoms with Gasteiger partial charge < -0.3 is 15.5 Å². The van der Waals surface area contributed by atoms with Gasteiger partial charge in [-0.05, 0) is 25.3 Å². The van der Waals surface area contributed by atoms with Crippen molar-refractivity contribution in [3.63, 3.8) is 0 Å². The Morgan fingerprint density at radius 3 is 2.26 bits per heavy atom. The van der Waals surface area contributed by atoms with Gasteiger partial charge >= 0.3 is 0 Å². The normalized spacial score (nSPS) is 11.2. The van der Waals surface area contributed by atoms with Crippen molar-refractivity contribution in [1.82, 2.24) is 10.2 Å². The van der Waals surface area contributed by atoms with Crippen LogP contribution in [0.15, 0.2) is 0 Å². The molecule has 0 amide bonds. The minimum Gasteiger partial charge on any atom is -0.394 e. The van der Waals surface area contributed by atoms with Gasteiger partial charge in [-0.15, -0.1) is 5.10 Å². The fraction of sp³-hybridized carbons (Fsp3) is 0.615. The molecule has 104 valence electrons. The number of aryl methyl sites for hydroxylation is 1. The molecule has 0 aromatic carbocycles. The molecule has 0 aliphatic rings. The van der Waals surface area contributed by atoms with Gasteiger partial charge in [-0.1, -0.05) is 13.8 Å². The Bertz CT molecular complexity index is 478. The second-order valence-corrected chi connectivity index (χ2v) is 4.67. The van der Waals surface area contributed by atoms with E-state index >= 15 is 0 Å². The maximum Gasteiger partial charge on any atom is 0.167 e. The maximum absolute atomic E-state index is 9.31. The molecule has 6 nitrogen and oxygen atoms in total. The number of anilines is 1. The van der Waals surface area contributed by atoms with Gasteiger partial charge in [0.05, 0.1) is 24.4 Å². The van der Waals surface area contributed by atoms with Crippen molar-refractivity contribution >= 4 is 5.82 Å². The van der Waals surface area contributed by atoms with Gasteiger partial charge in [-0.3, -0.25) is 0 Å². The number of nitrogens with zero attached hydrogens (tertiary/aromatic N) is 3. The van der Waals surface area contributed by atoms with E-state index in [2.05, 4.69) is 21.6 Å². The monoisotopic (exact) mass is 264 g/mol. The molecule has 0 aliphatic heterocycles. The van der Waals surface area contributed by atoms with Crippen LogP contribution in [0.5, 0.6) is 0 Å². The van der Waals surface area contributed by atoms with E-state index < -0.39 is 5.54 Å². The number of hydrogen-bond acceptors (Lipinski definition) is 6. The van der Waals surface area contributed by atoms with Crippen LogP contribution in [-0.4, -0.2) is 39.2 Å². The maximum atomic E-state index is 9.31. The summed E-state index contributed by atoms with van der Waals surface area (Å²) in [4.78, 5) is 0. The van der Waals surface area contributed by atoms with Gasteiger partial charge in [0.2, 0.25) is 0 Å². The molecule has 19 heavy (non-hydrogen) atoms. The minimum absolute atomic E-state index is 0.271. The molecule has 0 spiro atoms. The predicted octanol–water partition coefficient (Wildman–Crippen LogP) is 0.628. The van der Waals surface area contributed by atoms with E-state index in [4.69, 9.17) is 0 Å². The Labute approximate surface area is 113 Å². The highest BCUT2D eigenvalue weighted by Crippen LogP contribution is 2.22. The molecule has 0 saturated heterocycles. The first-order valence-corrected chi connectivity index (χ1v) is 6.33. The fourth-order valence-electron chi connectivity index (χ4n) is 1.80. The summed E-state index contributed by atoms with van der Waals surface area (Å²) in [6.45, 7) is 5.02. The van der Waals surface area contributed by atoms with Gasteiger partial charge in [0.15, 0.2) is 5.82 Å². The highest BCUT2D eigenvalue weighted by atomic mass is 16.3. The van der Waals surface area contributed by atoms with Crippen molar-refractivity contribution in [2.75, 3.05) is 18.5 Å². The van der Waals surface area contributed by atoms with E-state index in [0.29, 0.717) is 24.2 Å². The number of hydrogen-bond donors (Lipinski definition) is 3. The second-order valence-electron chi connectivity index (χ2n) is 4.67. The SMILES string of the molecule is CCc1nnc(NC(C)(CO)CO)c(C#N)c1CC. The molecule has 1 aromatic rings. The smallest absolute Gasteiger partial charge is 0.167 e. The topological polar surface area (TPSA) is 102 Å².